The number of piperidine rings is 1. The average Bonchev–Trinajstić information content (AvgIpc) is 2.44. The molecule has 104 valence electrons. The molecule has 0 bridgehead atoms. The maximum Gasteiger partial charge on any atom is 0.231 e. The summed E-state index contributed by atoms with van der Waals surface area (Å²) in [5.41, 5.74) is -0.625. The highest BCUT2D eigenvalue weighted by Gasteiger charge is 2.38. The Kier molecular flexibility index (Phi) is 4.14. The van der Waals surface area contributed by atoms with Crippen LogP contribution in [-0.4, -0.2) is 19.0 Å². The first-order chi connectivity index (χ1) is 9.09. The number of hydrogen-bond acceptors (Lipinski definition) is 2. The molecule has 1 aliphatic rings. The number of carbonyl (C=O) groups is 1. The Morgan fingerprint density at radius 2 is 2.26 bits per heavy atom. The van der Waals surface area contributed by atoms with Crippen LogP contribution in [0.15, 0.2) is 18.2 Å². The summed E-state index contributed by atoms with van der Waals surface area (Å²) in [6.07, 6.45) is 2.34. The van der Waals surface area contributed by atoms with Gasteiger partial charge in [0.15, 0.2) is 11.6 Å². The van der Waals surface area contributed by atoms with Crippen LogP contribution in [0.1, 0.15) is 26.2 Å². The Bertz CT molecular complexity index is 471. The summed E-state index contributed by atoms with van der Waals surface area (Å²) >= 11 is 0. The van der Waals surface area contributed by atoms with Crippen LogP contribution in [0.2, 0.25) is 0 Å². The Labute approximate surface area is 111 Å². The standard InChI is InChI=1S/C14H18F2N2O/c1-2-14(7-4-8-17-9-14)13(19)18-11-6-3-5-10(15)12(11)16/h3,5-6,17H,2,4,7-9H2,1H3,(H,18,19). The molecule has 3 nitrogen and oxygen atoms in total. The van der Waals surface area contributed by atoms with E-state index in [0.717, 1.165) is 25.5 Å². The minimum absolute atomic E-state index is 0.0941. The Balaban J connectivity index is 2.17. The molecule has 1 amide bonds. The second-order valence-electron chi connectivity index (χ2n) is 4.97. The van der Waals surface area contributed by atoms with Gasteiger partial charge in [-0.2, -0.15) is 0 Å². The molecule has 0 aliphatic carbocycles. The number of anilines is 1. The van der Waals surface area contributed by atoms with Crippen molar-refractivity contribution in [2.75, 3.05) is 18.4 Å². The van der Waals surface area contributed by atoms with Crippen molar-refractivity contribution in [2.24, 2.45) is 5.41 Å². The van der Waals surface area contributed by atoms with Crippen LogP contribution in [0.4, 0.5) is 14.5 Å². The van der Waals surface area contributed by atoms with Crippen LogP contribution in [0, 0.1) is 17.0 Å². The second-order valence-corrected chi connectivity index (χ2v) is 4.97. The predicted molar refractivity (Wildman–Crippen MR) is 69.8 cm³/mol. The maximum atomic E-state index is 13.6. The van der Waals surface area contributed by atoms with Gasteiger partial charge in [-0.05, 0) is 37.9 Å². The Hall–Kier alpha value is -1.49. The fourth-order valence-electron chi connectivity index (χ4n) is 2.48. The molecular weight excluding hydrogens is 250 g/mol. The third kappa shape index (κ3) is 2.76. The lowest BCUT2D eigenvalue weighted by Crippen LogP contribution is -2.47. The summed E-state index contributed by atoms with van der Waals surface area (Å²) < 4.78 is 26.7. The van der Waals surface area contributed by atoms with Gasteiger partial charge in [0.1, 0.15) is 0 Å². The molecule has 1 unspecified atom stereocenters. The molecule has 0 radical (unpaired) electrons. The molecule has 0 spiro atoms. The van der Waals surface area contributed by atoms with Gasteiger partial charge in [-0.25, -0.2) is 8.78 Å². The van der Waals surface area contributed by atoms with E-state index in [9.17, 15) is 13.6 Å². The highest BCUT2D eigenvalue weighted by molar-refractivity contribution is 5.95. The van der Waals surface area contributed by atoms with Gasteiger partial charge in [-0.3, -0.25) is 4.79 Å². The molecule has 2 rings (SSSR count). The number of benzene rings is 1. The fourth-order valence-corrected chi connectivity index (χ4v) is 2.48. The first-order valence-electron chi connectivity index (χ1n) is 6.55. The van der Waals surface area contributed by atoms with Crippen molar-refractivity contribution < 1.29 is 13.6 Å². The van der Waals surface area contributed by atoms with Gasteiger partial charge < -0.3 is 10.6 Å². The lowest BCUT2D eigenvalue weighted by Gasteiger charge is -2.35. The summed E-state index contributed by atoms with van der Waals surface area (Å²) in [5.74, 6) is -2.21. The third-order valence-electron chi connectivity index (χ3n) is 3.83. The van der Waals surface area contributed by atoms with Crippen LogP contribution < -0.4 is 10.6 Å². The van der Waals surface area contributed by atoms with Crippen LogP contribution in [0.3, 0.4) is 0 Å². The first kappa shape index (κ1) is 13.9. The van der Waals surface area contributed by atoms with Gasteiger partial charge in [-0.15, -0.1) is 0 Å². The molecule has 0 saturated carbocycles. The largest absolute Gasteiger partial charge is 0.323 e. The van der Waals surface area contributed by atoms with Crippen molar-refractivity contribution in [3.8, 4) is 0 Å². The molecular formula is C14H18F2N2O. The minimum atomic E-state index is -1.01. The quantitative estimate of drug-likeness (QED) is 0.885. The summed E-state index contributed by atoms with van der Waals surface area (Å²) in [7, 11) is 0. The molecule has 2 N–H and O–H groups in total. The highest BCUT2D eigenvalue weighted by atomic mass is 19.2. The second kappa shape index (κ2) is 5.65. The van der Waals surface area contributed by atoms with Crippen molar-refractivity contribution >= 4 is 11.6 Å². The fraction of sp³-hybridized carbons (Fsp3) is 0.500. The molecule has 1 heterocycles. The van der Waals surface area contributed by atoms with Crippen molar-refractivity contribution in [3.05, 3.63) is 29.8 Å². The first-order valence-corrected chi connectivity index (χ1v) is 6.55. The monoisotopic (exact) mass is 268 g/mol. The smallest absolute Gasteiger partial charge is 0.231 e. The highest BCUT2D eigenvalue weighted by Crippen LogP contribution is 2.32. The van der Waals surface area contributed by atoms with E-state index in [2.05, 4.69) is 10.6 Å². The van der Waals surface area contributed by atoms with Gasteiger partial charge in [0, 0.05) is 6.54 Å². The van der Waals surface area contributed by atoms with Gasteiger partial charge in [0.2, 0.25) is 5.91 Å². The third-order valence-corrected chi connectivity index (χ3v) is 3.83. The zero-order chi connectivity index (χ0) is 13.9. The van der Waals surface area contributed by atoms with E-state index in [1.807, 2.05) is 6.92 Å². The maximum absolute atomic E-state index is 13.6. The number of hydrogen-bond donors (Lipinski definition) is 2. The lowest BCUT2D eigenvalue weighted by molar-refractivity contribution is -0.126. The Morgan fingerprint density at radius 3 is 2.89 bits per heavy atom. The Morgan fingerprint density at radius 1 is 1.47 bits per heavy atom. The number of halogens is 2. The van der Waals surface area contributed by atoms with Gasteiger partial charge in [-0.1, -0.05) is 13.0 Å². The van der Waals surface area contributed by atoms with Crippen LogP contribution in [0.25, 0.3) is 0 Å². The number of amides is 1. The van der Waals surface area contributed by atoms with Crippen LogP contribution in [-0.2, 0) is 4.79 Å². The molecule has 1 aromatic rings. The minimum Gasteiger partial charge on any atom is -0.323 e. The molecule has 1 atom stereocenters. The number of carbonyl (C=O) groups excluding carboxylic acids is 1. The molecule has 5 heteroatoms. The van der Waals surface area contributed by atoms with E-state index in [-0.39, 0.29) is 11.6 Å². The van der Waals surface area contributed by atoms with Gasteiger partial charge in [0.05, 0.1) is 11.1 Å². The average molecular weight is 268 g/mol. The van der Waals surface area contributed by atoms with E-state index in [0.29, 0.717) is 13.0 Å². The van der Waals surface area contributed by atoms with E-state index in [1.165, 1.54) is 12.1 Å². The zero-order valence-electron chi connectivity index (χ0n) is 10.9. The van der Waals surface area contributed by atoms with Crippen molar-refractivity contribution in [1.82, 2.24) is 5.32 Å². The van der Waals surface area contributed by atoms with Crippen LogP contribution >= 0.6 is 0 Å². The van der Waals surface area contributed by atoms with Crippen molar-refractivity contribution in [1.29, 1.82) is 0 Å². The summed E-state index contributed by atoms with van der Waals surface area (Å²) in [6.45, 7) is 3.41. The topological polar surface area (TPSA) is 41.1 Å². The molecule has 19 heavy (non-hydrogen) atoms. The lowest BCUT2D eigenvalue weighted by atomic mass is 9.77. The summed E-state index contributed by atoms with van der Waals surface area (Å²) in [5, 5.41) is 5.71. The zero-order valence-corrected chi connectivity index (χ0v) is 10.9. The van der Waals surface area contributed by atoms with E-state index < -0.39 is 17.0 Å². The van der Waals surface area contributed by atoms with Gasteiger partial charge in [0.25, 0.3) is 0 Å². The van der Waals surface area contributed by atoms with Crippen molar-refractivity contribution in [2.45, 2.75) is 26.2 Å². The predicted octanol–water partition coefficient (Wildman–Crippen LogP) is 2.68. The van der Waals surface area contributed by atoms with E-state index >= 15 is 0 Å². The summed E-state index contributed by atoms with van der Waals surface area (Å²) in [6, 6.07) is 3.78. The van der Waals surface area contributed by atoms with Crippen molar-refractivity contribution in [3.63, 3.8) is 0 Å². The van der Waals surface area contributed by atoms with Gasteiger partial charge >= 0.3 is 0 Å². The van der Waals surface area contributed by atoms with Crippen LogP contribution in [0.5, 0.6) is 0 Å². The normalized spacial score (nSPS) is 23.1. The molecule has 1 saturated heterocycles. The molecule has 1 fully saturated rings. The summed E-state index contributed by atoms with van der Waals surface area (Å²) in [4.78, 5) is 12.3. The molecule has 0 aromatic heterocycles. The molecule has 1 aromatic carbocycles. The number of nitrogens with one attached hydrogen (secondary N) is 2. The van der Waals surface area contributed by atoms with E-state index in [1.54, 1.807) is 0 Å². The SMILES string of the molecule is CCC1(C(=O)Nc2cccc(F)c2F)CCCNC1. The number of rotatable bonds is 3. The molecule has 1 aliphatic heterocycles. The van der Waals surface area contributed by atoms with E-state index in [4.69, 9.17) is 0 Å².